The average molecular weight is 439 g/mol. The molecule has 2 aromatic carbocycles. The highest BCUT2D eigenvalue weighted by Gasteiger charge is 2.40. The fourth-order valence-electron chi connectivity index (χ4n) is 2.84. The Morgan fingerprint density at radius 1 is 1.21 bits per heavy atom. The van der Waals surface area contributed by atoms with Crippen LogP contribution >= 0.6 is 22.6 Å². The van der Waals surface area contributed by atoms with E-state index in [2.05, 4.69) is 22.6 Å². The van der Waals surface area contributed by atoms with Crippen LogP contribution in [0.15, 0.2) is 54.6 Å². The molecule has 0 radical (unpaired) electrons. The number of carbonyl (C=O) groups is 1. The lowest BCUT2D eigenvalue weighted by molar-refractivity contribution is 0.0742. The Morgan fingerprint density at radius 3 is 2.46 bits per heavy atom. The Hall–Kier alpha value is -1.44. The van der Waals surface area contributed by atoms with E-state index in [1.165, 1.54) is 0 Å². The van der Waals surface area contributed by atoms with E-state index in [0.29, 0.717) is 17.7 Å². The molecule has 0 fully saturated rings. The zero-order valence-corrected chi connectivity index (χ0v) is 15.8. The van der Waals surface area contributed by atoms with E-state index in [1.807, 2.05) is 36.4 Å². The van der Waals surface area contributed by atoms with Gasteiger partial charge >= 0.3 is 0 Å². The van der Waals surface area contributed by atoms with Crippen LogP contribution in [-0.4, -0.2) is 28.7 Å². The van der Waals surface area contributed by atoms with Gasteiger partial charge in [0.05, 0.1) is 0 Å². The Kier molecular flexibility index (Phi) is 6.77. The molecule has 2 rings (SSSR count). The van der Waals surface area contributed by atoms with Gasteiger partial charge < -0.3 is 15.6 Å². The zero-order valence-electron chi connectivity index (χ0n) is 13.6. The molecule has 0 aliphatic heterocycles. The monoisotopic (exact) mass is 439 g/mol. The van der Waals surface area contributed by atoms with Crippen LogP contribution in [0.25, 0.3) is 0 Å². The summed E-state index contributed by atoms with van der Waals surface area (Å²) in [5.41, 5.74) is 5.87. The molecule has 0 aliphatic carbocycles. The van der Waals surface area contributed by atoms with E-state index in [9.17, 15) is 9.90 Å². The van der Waals surface area contributed by atoms with E-state index in [-0.39, 0.29) is 3.92 Å². The Balaban J connectivity index is 2.54. The third kappa shape index (κ3) is 3.96. The zero-order chi connectivity index (χ0) is 17.6. The summed E-state index contributed by atoms with van der Waals surface area (Å²) >= 11 is 2.25. The summed E-state index contributed by atoms with van der Waals surface area (Å²) in [6, 6.07) is 16.4. The number of halogens is 1. The number of methoxy groups -OCH3 is 1. The lowest BCUT2D eigenvalue weighted by Crippen LogP contribution is -2.39. The minimum Gasteiger partial charge on any atom is -0.385 e. The molecule has 2 aromatic rings. The Labute approximate surface area is 156 Å². The normalized spacial score (nSPS) is 14.8. The minimum absolute atomic E-state index is 0.145. The van der Waals surface area contributed by atoms with Crippen LogP contribution in [0.2, 0.25) is 0 Å². The predicted octanol–water partition coefficient (Wildman–Crippen LogP) is 3.25. The quantitative estimate of drug-likeness (QED) is 0.377. The van der Waals surface area contributed by atoms with Gasteiger partial charge in [-0.15, -0.1) is 0 Å². The number of nitrogens with two attached hydrogens (primary N) is 1. The van der Waals surface area contributed by atoms with Crippen molar-refractivity contribution in [3.63, 3.8) is 0 Å². The van der Waals surface area contributed by atoms with Gasteiger partial charge in [-0.1, -0.05) is 71.1 Å². The van der Waals surface area contributed by atoms with Crippen LogP contribution in [0.5, 0.6) is 0 Å². The van der Waals surface area contributed by atoms with Gasteiger partial charge in [-0.05, 0) is 24.5 Å². The fourth-order valence-corrected chi connectivity index (χ4v) is 3.98. The number of benzene rings is 2. The predicted molar refractivity (Wildman–Crippen MR) is 103 cm³/mol. The molecule has 24 heavy (non-hydrogen) atoms. The highest BCUT2D eigenvalue weighted by Crippen LogP contribution is 2.40. The Morgan fingerprint density at radius 2 is 1.83 bits per heavy atom. The lowest BCUT2D eigenvalue weighted by Gasteiger charge is -2.35. The van der Waals surface area contributed by atoms with Crippen molar-refractivity contribution in [3.8, 4) is 0 Å². The maximum atomic E-state index is 11.9. The summed E-state index contributed by atoms with van der Waals surface area (Å²) in [6.45, 7) is 0.627. The second-order valence-corrected chi connectivity index (χ2v) is 7.15. The number of carbonyl (C=O) groups excluding carboxylic acids is 1. The van der Waals surface area contributed by atoms with Crippen molar-refractivity contribution in [1.82, 2.24) is 0 Å². The standard InChI is InChI=1S/C19H22INO3/c1-24-13-7-12-17(20)19(23,14-8-3-2-4-9-14)16-11-6-5-10-15(16)18(21)22/h2-6,8-11,17,23H,7,12-13H2,1H3,(H2,21,22)/t17?,19-/m1/s1. The number of primary amides is 1. The van der Waals surface area contributed by atoms with E-state index < -0.39 is 11.5 Å². The molecule has 0 spiro atoms. The van der Waals surface area contributed by atoms with Crippen molar-refractivity contribution in [2.75, 3.05) is 13.7 Å². The molecule has 1 amide bonds. The highest BCUT2D eigenvalue weighted by atomic mass is 127. The average Bonchev–Trinajstić information content (AvgIpc) is 2.61. The van der Waals surface area contributed by atoms with Gasteiger partial charge in [0.25, 0.3) is 0 Å². The summed E-state index contributed by atoms with van der Waals surface area (Å²) in [5, 5.41) is 11.7. The van der Waals surface area contributed by atoms with Crippen molar-refractivity contribution in [3.05, 3.63) is 71.3 Å². The van der Waals surface area contributed by atoms with Gasteiger partial charge in [0, 0.05) is 28.8 Å². The maximum Gasteiger partial charge on any atom is 0.249 e. The van der Waals surface area contributed by atoms with Crippen LogP contribution in [0.4, 0.5) is 0 Å². The number of alkyl halides is 1. The smallest absolute Gasteiger partial charge is 0.249 e. The van der Waals surface area contributed by atoms with E-state index >= 15 is 0 Å². The molecule has 0 saturated heterocycles. The summed E-state index contributed by atoms with van der Waals surface area (Å²) in [5.74, 6) is -0.541. The Bertz CT molecular complexity index is 677. The number of rotatable bonds is 8. The summed E-state index contributed by atoms with van der Waals surface area (Å²) in [4.78, 5) is 11.9. The number of amides is 1. The van der Waals surface area contributed by atoms with E-state index in [1.54, 1.807) is 25.3 Å². The van der Waals surface area contributed by atoms with Crippen LogP contribution < -0.4 is 5.73 Å². The first-order valence-electron chi connectivity index (χ1n) is 7.82. The van der Waals surface area contributed by atoms with Crippen molar-refractivity contribution in [1.29, 1.82) is 0 Å². The SMILES string of the molecule is COCCCC(I)[C@@](O)(c1ccccc1)c1ccccc1C(N)=O. The lowest BCUT2D eigenvalue weighted by atomic mass is 9.80. The third-order valence-corrected chi connectivity index (χ3v) is 5.60. The molecule has 128 valence electrons. The molecule has 0 aromatic heterocycles. The van der Waals surface area contributed by atoms with Crippen LogP contribution in [0.1, 0.15) is 34.3 Å². The molecule has 0 heterocycles. The second kappa shape index (κ2) is 8.60. The fraction of sp³-hybridized carbons (Fsp3) is 0.316. The molecule has 1 unspecified atom stereocenters. The number of ether oxygens (including phenoxy) is 1. The van der Waals surface area contributed by atoms with Gasteiger partial charge in [0.2, 0.25) is 5.91 Å². The van der Waals surface area contributed by atoms with Crippen LogP contribution in [-0.2, 0) is 10.3 Å². The van der Waals surface area contributed by atoms with Gasteiger partial charge in [0.1, 0.15) is 5.60 Å². The third-order valence-electron chi connectivity index (χ3n) is 4.08. The molecule has 5 heteroatoms. The van der Waals surface area contributed by atoms with E-state index in [0.717, 1.165) is 18.4 Å². The molecule has 3 N–H and O–H groups in total. The van der Waals surface area contributed by atoms with Crippen molar-refractivity contribution < 1.29 is 14.6 Å². The molecular formula is C19H22INO3. The first kappa shape index (κ1) is 18.9. The molecule has 0 saturated carbocycles. The topological polar surface area (TPSA) is 72.6 Å². The van der Waals surface area contributed by atoms with Gasteiger partial charge in [-0.25, -0.2) is 0 Å². The van der Waals surface area contributed by atoms with Crippen molar-refractivity contribution in [2.45, 2.75) is 22.4 Å². The summed E-state index contributed by atoms with van der Waals surface area (Å²) in [7, 11) is 1.66. The second-order valence-electron chi connectivity index (χ2n) is 5.64. The molecule has 2 atom stereocenters. The van der Waals surface area contributed by atoms with E-state index in [4.69, 9.17) is 10.5 Å². The van der Waals surface area contributed by atoms with Crippen molar-refractivity contribution >= 4 is 28.5 Å². The highest BCUT2D eigenvalue weighted by molar-refractivity contribution is 14.1. The number of hydrogen-bond acceptors (Lipinski definition) is 3. The first-order chi connectivity index (χ1) is 11.5. The van der Waals surface area contributed by atoms with Crippen LogP contribution in [0, 0.1) is 0 Å². The van der Waals surface area contributed by atoms with Gasteiger partial charge in [0.15, 0.2) is 0 Å². The number of aliphatic hydroxyl groups is 1. The van der Waals surface area contributed by atoms with Gasteiger partial charge in [-0.2, -0.15) is 0 Å². The van der Waals surface area contributed by atoms with Crippen LogP contribution in [0.3, 0.4) is 0 Å². The van der Waals surface area contributed by atoms with Crippen molar-refractivity contribution in [2.24, 2.45) is 5.73 Å². The summed E-state index contributed by atoms with van der Waals surface area (Å²) in [6.07, 6.45) is 1.56. The molecule has 0 aliphatic rings. The maximum absolute atomic E-state index is 11.9. The molecular weight excluding hydrogens is 417 g/mol. The number of hydrogen-bond donors (Lipinski definition) is 2. The largest absolute Gasteiger partial charge is 0.385 e. The van der Waals surface area contributed by atoms with Gasteiger partial charge in [-0.3, -0.25) is 4.79 Å². The molecule has 0 bridgehead atoms. The molecule has 4 nitrogen and oxygen atoms in total. The minimum atomic E-state index is -1.30. The summed E-state index contributed by atoms with van der Waals surface area (Å²) < 4.78 is 4.97. The first-order valence-corrected chi connectivity index (χ1v) is 9.06.